The van der Waals surface area contributed by atoms with Gasteiger partial charge in [-0.05, 0) is 50.4 Å². The van der Waals surface area contributed by atoms with Gasteiger partial charge in [-0.2, -0.15) is 0 Å². The maximum atomic E-state index is 6.12. The number of piperidine rings is 1. The Hall–Kier alpha value is -1.34. The number of morpholine rings is 1. The summed E-state index contributed by atoms with van der Waals surface area (Å²) in [6.07, 6.45) is 3.58. The molecule has 0 saturated carbocycles. The largest absolute Gasteiger partial charge is 0.379 e. The molecule has 168 valence electrons. The number of hydrogen-bond acceptors (Lipinski definition) is 4. The zero-order valence-corrected chi connectivity index (χ0v) is 19.3. The van der Waals surface area contributed by atoms with E-state index in [1.54, 1.807) is 0 Å². The molecule has 0 aliphatic carbocycles. The summed E-state index contributed by atoms with van der Waals surface area (Å²) >= 11 is 6.12. The van der Waals surface area contributed by atoms with Crippen LogP contribution in [0.5, 0.6) is 0 Å². The number of likely N-dealkylation sites (tertiary alicyclic amines) is 1. The van der Waals surface area contributed by atoms with E-state index in [1.165, 1.54) is 44.5 Å². The third kappa shape index (κ3) is 7.12. The number of aliphatic imine (C=N–C) groups is 1. The summed E-state index contributed by atoms with van der Waals surface area (Å²) in [5.74, 6) is 0.929. The van der Waals surface area contributed by atoms with Crippen molar-refractivity contribution in [3.63, 3.8) is 0 Å². The van der Waals surface area contributed by atoms with Gasteiger partial charge in [-0.15, -0.1) is 0 Å². The van der Waals surface area contributed by atoms with Crippen LogP contribution in [0.4, 0.5) is 0 Å². The second kappa shape index (κ2) is 12.5. The zero-order valence-electron chi connectivity index (χ0n) is 18.6. The molecule has 2 saturated heterocycles. The van der Waals surface area contributed by atoms with Crippen molar-refractivity contribution in [2.45, 2.75) is 45.2 Å². The molecule has 0 spiro atoms. The molecule has 1 atom stereocenters. The third-order valence-electron chi connectivity index (χ3n) is 5.98. The highest BCUT2D eigenvalue weighted by Crippen LogP contribution is 2.24. The van der Waals surface area contributed by atoms with Gasteiger partial charge in [-0.3, -0.25) is 9.89 Å². The Labute approximate surface area is 187 Å². The Morgan fingerprint density at radius 3 is 2.47 bits per heavy atom. The molecule has 3 rings (SSSR count). The van der Waals surface area contributed by atoms with Crippen molar-refractivity contribution in [1.29, 1.82) is 0 Å². The number of nitrogens with one attached hydrogen (secondary N) is 2. The van der Waals surface area contributed by atoms with Gasteiger partial charge in [0.15, 0.2) is 5.96 Å². The lowest BCUT2D eigenvalue weighted by molar-refractivity contribution is 0.0179. The Morgan fingerprint density at radius 1 is 1.13 bits per heavy atom. The summed E-state index contributed by atoms with van der Waals surface area (Å²) in [5.41, 5.74) is 1.26. The second-order valence-electron chi connectivity index (χ2n) is 8.20. The molecule has 0 radical (unpaired) electrons. The molecule has 2 aliphatic rings. The molecule has 1 unspecified atom stereocenters. The third-order valence-corrected chi connectivity index (χ3v) is 6.23. The number of hydrogen-bond donors (Lipinski definition) is 2. The summed E-state index contributed by atoms with van der Waals surface area (Å²) < 4.78 is 5.57. The molecule has 0 bridgehead atoms. The lowest BCUT2D eigenvalue weighted by Gasteiger charge is -2.35. The fraction of sp³-hybridized carbons (Fsp3) is 0.696. The number of benzene rings is 1. The topological polar surface area (TPSA) is 52.1 Å². The molecule has 1 aromatic carbocycles. The maximum absolute atomic E-state index is 6.12. The molecule has 6 nitrogen and oxygen atoms in total. The lowest BCUT2D eigenvalue weighted by Crippen LogP contribution is -2.49. The molecule has 7 heteroatoms. The smallest absolute Gasteiger partial charge is 0.191 e. The molecular formula is C23H38ClN5O. The van der Waals surface area contributed by atoms with Gasteiger partial charge in [0.05, 0.1) is 25.8 Å². The van der Waals surface area contributed by atoms with Gasteiger partial charge < -0.3 is 20.3 Å². The minimum Gasteiger partial charge on any atom is -0.379 e. The Balaban J connectivity index is 1.65. The first kappa shape index (κ1) is 23.3. The molecular weight excluding hydrogens is 398 g/mol. The van der Waals surface area contributed by atoms with E-state index >= 15 is 0 Å². The molecule has 2 N–H and O–H groups in total. The van der Waals surface area contributed by atoms with Crippen molar-refractivity contribution in [3.8, 4) is 0 Å². The van der Waals surface area contributed by atoms with Crippen LogP contribution in [0.15, 0.2) is 29.3 Å². The summed E-state index contributed by atoms with van der Waals surface area (Å²) in [7, 11) is 0. The van der Waals surface area contributed by atoms with Gasteiger partial charge in [0.25, 0.3) is 0 Å². The predicted molar refractivity (Wildman–Crippen MR) is 125 cm³/mol. The second-order valence-corrected chi connectivity index (χ2v) is 8.63. The quantitative estimate of drug-likeness (QED) is 0.485. The minimum atomic E-state index is 0.230. The van der Waals surface area contributed by atoms with Crippen LogP contribution in [0.3, 0.4) is 0 Å². The molecule has 1 aromatic rings. The highest BCUT2D eigenvalue weighted by Gasteiger charge is 2.23. The van der Waals surface area contributed by atoms with Crippen molar-refractivity contribution in [3.05, 3.63) is 34.9 Å². The normalized spacial score (nSPS) is 20.8. The van der Waals surface area contributed by atoms with Gasteiger partial charge in [0, 0.05) is 43.8 Å². The Kier molecular flexibility index (Phi) is 9.72. The van der Waals surface area contributed by atoms with Crippen LogP contribution >= 0.6 is 11.6 Å². The van der Waals surface area contributed by atoms with Crippen molar-refractivity contribution >= 4 is 17.6 Å². The molecule has 0 aromatic heterocycles. The highest BCUT2D eigenvalue weighted by molar-refractivity contribution is 6.30. The van der Waals surface area contributed by atoms with Gasteiger partial charge in [0.1, 0.15) is 0 Å². The summed E-state index contributed by atoms with van der Waals surface area (Å²) in [6, 6.07) is 8.92. The first-order valence-corrected chi connectivity index (χ1v) is 11.9. The van der Waals surface area contributed by atoms with E-state index in [0.29, 0.717) is 12.6 Å². The standard InChI is InChI=1S/C23H38ClN5O/c1-3-11-28-12-9-21(10-13-28)27-23(25-4-2)26-18-22(29-14-16-30-17-15-29)19-5-7-20(24)8-6-19/h5-8,21-22H,3-4,9-18H2,1-2H3,(H2,25,26,27). The average Bonchev–Trinajstić information content (AvgIpc) is 2.77. The average molecular weight is 436 g/mol. The van der Waals surface area contributed by atoms with E-state index < -0.39 is 0 Å². The van der Waals surface area contributed by atoms with E-state index in [4.69, 9.17) is 21.3 Å². The van der Waals surface area contributed by atoms with Gasteiger partial charge in [-0.25, -0.2) is 0 Å². The summed E-state index contributed by atoms with van der Waals surface area (Å²) in [6.45, 7) is 12.9. The van der Waals surface area contributed by atoms with E-state index in [-0.39, 0.29) is 6.04 Å². The molecule has 0 amide bonds. The lowest BCUT2D eigenvalue weighted by atomic mass is 10.0. The number of halogens is 1. The van der Waals surface area contributed by atoms with Gasteiger partial charge in [0.2, 0.25) is 0 Å². The summed E-state index contributed by atoms with van der Waals surface area (Å²) in [4.78, 5) is 10.0. The number of rotatable bonds is 8. The van der Waals surface area contributed by atoms with Crippen LogP contribution in [0.1, 0.15) is 44.7 Å². The first-order chi connectivity index (χ1) is 14.7. The minimum absolute atomic E-state index is 0.230. The Morgan fingerprint density at radius 2 is 1.83 bits per heavy atom. The molecule has 30 heavy (non-hydrogen) atoms. The number of nitrogens with zero attached hydrogens (tertiary/aromatic N) is 3. The van der Waals surface area contributed by atoms with Gasteiger partial charge >= 0.3 is 0 Å². The predicted octanol–water partition coefficient (Wildman–Crippen LogP) is 3.14. The van der Waals surface area contributed by atoms with E-state index in [9.17, 15) is 0 Å². The van der Waals surface area contributed by atoms with Crippen LogP contribution in [-0.2, 0) is 4.74 Å². The zero-order chi connectivity index (χ0) is 21.2. The highest BCUT2D eigenvalue weighted by atomic mass is 35.5. The van der Waals surface area contributed by atoms with Crippen LogP contribution in [0, 0.1) is 0 Å². The molecule has 2 aliphatic heterocycles. The maximum Gasteiger partial charge on any atom is 0.191 e. The van der Waals surface area contributed by atoms with Crippen molar-refractivity contribution in [2.24, 2.45) is 4.99 Å². The fourth-order valence-electron chi connectivity index (χ4n) is 4.31. The van der Waals surface area contributed by atoms with Crippen LogP contribution < -0.4 is 10.6 Å². The van der Waals surface area contributed by atoms with Crippen molar-refractivity contribution < 1.29 is 4.74 Å². The van der Waals surface area contributed by atoms with Crippen LogP contribution in [0.2, 0.25) is 5.02 Å². The molecule has 2 heterocycles. The first-order valence-electron chi connectivity index (χ1n) is 11.5. The monoisotopic (exact) mass is 435 g/mol. The van der Waals surface area contributed by atoms with E-state index in [0.717, 1.165) is 43.8 Å². The van der Waals surface area contributed by atoms with Crippen molar-refractivity contribution in [2.75, 3.05) is 59.0 Å². The van der Waals surface area contributed by atoms with Crippen LogP contribution in [0.25, 0.3) is 0 Å². The fourth-order valence-corrected chi connectivity index (χ4v) is 4.44. The summed E-state index contributed by atoms with van der Waals surface area (Å²) in [5, 5.41) is 7.90. The SMILES string of the molecule is CCCN1CCC(NC(=NCC(c2ccc(Cl)cc2)N2CCOCC2)NCC)CC1. The molecule has 2 fully saturated rings. The van der Waals surface area contributed by atoms with Crippen molar-refractivity contribution in [1.82, 2.24) is 20.4 Å². The van der Waals surface area contributed by atoms with Crippen LogP contribution in [-0.4, -0.2) is 80.8 Å². The number of ether oxygens (including phenoxy) is 1. The van der Waals surface area contributed by atoms with E-state index in [1.807, 2.05) is 12.1 Å². The Bertz CT molecular complexity index is 639. The van der Waals surface area contributed by atoms with E-state index in [2.05, 4.69) is 46.4 Å². The van der Waals surface area contributed by atoms with Gasteiger partial charge in [-0.1, -0.05) is 30.7 Å². The number of guanidine groups is 1.